The van der Waals surface area contributed by atoms with Crippen molar-refractivity contribution >= 4 is 33.2 Å². The molecular weight excluding hydrogens is 574 g/mol. The van der Waals surface area contributed by atoms with Gasteiger partial charge >= 0.3 is 0 Å². The summed E-state index contributed by atoms with van der Waals surface area (Å²) in [6, 6.07) is 21.1. The number of anilines is 1. The predicted octanol–water partition coefficient (Wildman–Crippen LogP) is 3.99. The molecule has 2 fully saturated rings. The van der Waals surface area contributed by atoms with Crippen molar-refractivity contribution in [2.45, 2.75) is 56.6 Å². The van der Waals surface area contributed by atoms with Gasteiger partial charge in [0.15, 0.2) is 5.60 Å². The molecule has 10 heteroatoms. The second-order valence-electron chi connectivity index (χ2n) is 11.5. The van der Waals surface area contributed by atoms with Gasteiger partial charge in [-0.15, -0.1) is 0 Å². The van der Waals surface area contributed by atoms with Crippen LogP contribution in [0, 0.1) is 5.92 Å². The van der Waals surface area contributed by atoms with Crippen LogP contribution in [0.3, 0.4) is 0 Å². The molecule has 1 amide bonds. The van der Waals surface area contributed by atoms with Crippen LogP contribution in [0.25, 0.3) is 0 Å². The second kappa shape index (κ2) is 12.3. The third-order valence-corrected chi connectivity index (χ3v) is 9.73. The fourth-order valence-electron chi connectivity index (χ4n) is 5.52. The Morgan fingerprint density at radius 1 is 1.10 bits per heavy atom. The summed E-state index contributed by atoms with van der Waals surface area (Å²) in [5.41, 5.74) is 0.591. The number of ether oxygens (including phenoxy) is 1. The first-order valence-corrected chi connectivity index (χ1v) is 16.4. The number of benzene rings is 3. The monoisotopic (exact) mass is 611 g/mol. The lowest BCUT2D eigenvalue weighted by Gasteiger charge is -2.32. The van der Waals surface area contributed by atoms with E-state index in [1.807, 2.05) is 30.3 Å². The van der Waals surface area contributed by atoms with Crippen molar-refractivity contribution in [3.05, 3.63) is 100 Å². The van der Waals surface area contributed by atoms with Crippen molar-refractivity contribution < 1.29 is 23.1 Å². The Hall–Kier alpha value is -2.95. The molecule has 3 N–H and O–H groups in total. The number of carbonyl (C=O) groups excluding carboxylic acids is 1. The maximum atomic E-state index is 14.2. The Morgan fingerprint density at radius 2 is 1.83 bits per heavy atom. The first-order chi connectivity index (χ1) is 19.9. The van der Waals surface area contributed by atoms with Crippen LogP contribution in [0.5, 0.6) is 0 Å². The van der Waals surface area contributed by atoms with E-state index in [4.69, 9.17) is 16.3 Å². The van der Waals surface area contributed by atoms with Gasteiger partial charge in [0.1, 0.15) is 0 Å². The zero-order chi connectivity index (χ0) is 30.1. The van der Waals surface area contributed by atoms with E-state index >= 15 is 0 Å². The quantitative estimate of drug-likeness (QED) is 0.303. The largest absolute Gasteiger partial charge is 0.373 e. The van der Waals surface area contributed by atoms with E-state index in [9.17, 15) is 18.3 Å². The van der Waals surface area contributed by atoms with Crippen molar-refractivity contribution in [1.29, 1.82) is 0 Å². The molecule has 42 heavy (non-hydrogen) atoms. The fraction of sp³-hybridized carbons (Fsp3) is 0.406. The molecule has 1 aliphatic heterocycles. The minimum atomic E-state index is -3.61. The van der Waals surface area contributed by atoms with E-state index in [0.29, 0.717) is 40.6 Å². The molecule has 1 saturated heterocycles. The molecule has 0 radical (unpaired) electrons. The van der Waals surface area contributed by atoms with Gasteiger partial charge in [0.05, 0.1) is 24.7 Å². The number of nitrogens with one attached hydrogen (secondary N) is 2. The molecule has 1 saturated carbocycles. The minimum Gasteiger partial charge on any atom is -0.373 e. The highest BCUT2D eigenvalue weighted by Gasteiger charge is 2.43. The van der Waals surface area contributed by atoms with Crippen molar-refractivity contribution in [2.24, 2.45) is 5.92 Å². The van der Waals surface area contributed by atoms with Crippen molar-refractivity contribution in [3.8, 4) is 0 Å². The number of carbonyl (C=O) groups is 1. The topological polar surface area (TPSA) is 108 Å². The van der Waals surface area contributed by atoms with Gasteiger partial charge in [-0.05, 0) is 78.7 Å². The summed E-state index contributed by atoms with van der Waals surface area (Å²) in [6.07, 6.45) is 3.58. The predicted molar refractivity (Wildman–Crippen MR) is 165 cm³/mol. The average Bonchev–Trinajstić information content (AvgIpc) is 3.51. The van der Waals surface area contributed by atoms with Gasteiger partial charge in [-0.1, -0.05) is 61.0 Å². The molecule has 1 aliphatic carbocycles. The van der Waals surface area contributed by atoms with Gasteiger partial charge in [0, 0.05) is 29.7 Å². The standard InChI is InChI=1S/C32H38ClN3O5S/c1-21-14-30(21)41-20-23-15-25(19-27(17-23)36(2)42(3,39)40)32(38,24-9-5-4-6-10-24)31(37)35-28-12-13-34-29(28)18-22-8-7-11-26(33)16-22/h4-11,15-17,19,21,28-30,34,38H,12-14,18,20H2,1-3H3,(H,35,37)/t21?,28-,29+,30?,32?/m1/s1. The smallest absolute Gasteiger partial charge is 0.261 e. The zero-order valence-corrected chi connectivity index (χ0v) is 25.7. The number of hydrogen-bond acceptors (Lipinski definition) is 6. The van der Waals surface area contributed by atoms with Crippen LogP contribution >= 0.6 is 11.6 Å². The van der Waals surface area contributed by atoms with Crippen molar-refractivity contribution in [1.82, 2.24) is 10.6 Å². The van der Waals surface area contributed by atoms with Crippen LogP contribution in [0.15, 0.2) is 72.8 Å². The van der Waals surface area contributed by atoms with Gasteiger partial charge < -0.3 is 20.5 Å². The highest BCUT2D eigenvalue weighted by molar-refractivity contribution is 7.92. The first kappa shape index (κ1) is 30.5. The number of sulfonamides is 1. The number of aliphatic hydroxyl groups is 1. The van der Waals surface area contributed by atoms with Crippen molar-refractivity contribution in [2.75, 3.05) is 24.2 Å². The van der Waals surface area contributed by atoms with Gasteiger partial charge in [0.25, 0.3) is 5.91 Å². The molecule has 224 valence electrons. The Kier molecular flexibility index (Phi) is 8.97. The van der Waals surface area contributed by atoms with Gasteiger partial charge in [-0.25, -0.2) is 8.42 Å². The number of nitrogens with zero attached hydrogens (tertiary/aromatic N) is 1. The SMILES string of the molecule is CC1CC1OCc1cc(N(C)S(C)(=O)=O)cc(C(O)(C(=O)N[C@@H]2CCN[C@H]2Cc2cccc(Cl)c2)c2ccccc2)c1. The minimum absolute atomic E-state index is 0.0559. The lowest BCUT2D eigenvalue weighted by molar-refractivity contribution is -0.137. The maximum Gasteiger partial charge on any atom is 0.261 e. The van der Waals surface area contributed by atoms with Crippen LogP contribution in [0.1, 0.15) is 42.0 Å². The molecule has 3 unspecified atom stereocenters. The average molecular weight is 612 g/mol. The molecule has 5 atom stereocenters. The highest BCUT2D eigenvalue weighted by Crippen LogP contribution is 2.37. The van der Waals surface area contributed by atoms with Crippen LogP contribution in [0.2, 0.25) is 5.02 Å². The molecule has 2 aliphatic rings. The Balaban J connectivity index is 1.50. The summed E-state index contributed by atoms with van der Waals surface area (Å²) >= 11 is 6.20. The van der Waals surface area contributed by atoms with Crippen LogP contribution in [-0.4, -0.2) is 57.5 Å². The molecule has 0 aromatic heterocycles. The fourth-order valence-corrected chi connectivity index (χ4v) is 6.22. The molecule has 3 aromatic rings. The van der Waals surface area contributed by atoms with E-state index in [0.717, 1.165) is 29.1 Å². The van der Waals surface area contributed by atoms with Gasteiger partial charge in [0.2, 0.25) is 10.0 Å². The summed E-state index contributed by atoms with van der Waals surface area (Å²) in [5, 5.41) is 19.6. The first-order valence-electron chi connectivity index (χ1n) is 14.2. The molecular formula is C32H38ClN3O5S. The number of halogens is 1. The van der Waals surface area contributed by atoms with E-state index in [1.54, 1.807) is 42.5 Å². The van der Waals surface area contributed by atoms with Gasteiger partial charge in [-0.2, -0.15) is 0 Å². The third kappa shape index (κ3) is 6.82. The summed E-state index contributed by atoms with van der Waals surface area (Å²) in [7, 11) is -2.16. The molecule has 1 heterocycles. The molecule has 8 nitrogen and oxygen atoms in total. The van der Waals surface area contributed by atoms with E-state index in [2.05, 4.69) is 17.6 Å². The molecule has 5 rings (SSSR count). The summed E-state index contributed by atoms with van der Waals surface area (Å²) in [6.45, 7) is 3.06. The van der Waals surface area contributed by atoms with E-state index in [-0.39, 0.29) is 30.4 Å². The number of rotatable bonds is 11. The Labute approximate surface area is 253 Å². The summed E-state index contributed by atoms with van der Waals surface area (Å²) < 4.78 is 32.2. The third-order valence-electron chi connectivity index (χ3n) is 8.29. The lowest BCUT2D eigenvalue weighted by atomic mass is 9.84. The van der Waals surface area contributed by atoms with Gasteiger partial charge in [-0.3, -0.25) is 9.10 Å². The maximum absolute atomic E-state index is 14.2. The Morgan fingerprint density at radius 3 is 2.50 bits per heavy atom. The van der Waals surface area contributed by atoms with E-state index < -0.39 is 21.5 Å². The van der Waals surface area contributed by atoms with Crippen LogP contribution < -0.4 is 14.9 Å². The molecule has 0 bridgehead atoms. The second-order valence-corrected chi connectivity index (χ2v) is 14.0. The van der Waals surface area contributed by atoms with Crippen LogP contribution in [0.4, 0.5) is 5.69 Å². The van der Waals surface area contributed by atoms with E-state index in [1.165, 1.54) is 7.05 Å². The number of amides is 1. The van der Waals surface area contributed by atoms with Crippen LogP contribution in [-0.2, 0) is 38.2 Å². The number of hydrogen-bond donors (Lipinski definition) is 3. The summed E-state index contributed by atoms with van der Waals surface area (Å²) in [5.74, 6) is -0.112. The molecule has 0 spiro atoms. The normalized spacial score (nSPS) is 23.3. The van der Waals surface area contributed by atoms with Crippen molar-refractivity contribution in [3.63, 3.8) is 0 Å². The molecule has 3 aromatic carbocycles. The Bertz CT molecular complexity index is 1540. The summed E-state index contributed by atoms with van der Waals surface area (Å²) in [4.78, 5) is 14.2. The lowest BCUT2D eigenvalue weighted by Crippen LogP contribution is -2.52. The highest BCUT2D eigenvalue weighted by atomic mass is 35.5. The zero-order valence-electron chi connectivity index (χ0n) is 24.1.